The Balaban J connectivity index is 1.83. The van der Waals surface area contributed by atoms with Crippen LogP contribution in [0.5, 0.6) is 0 Å². The van der Waals surface area contributed by atoms with Crippen LogP contribution in [0.3, 0.4) is 0 Å². The van der Waals surface area contributed by atoms with Gasteiger partial charge in [0.2, 0.25) is 0 Å². The number of aromatic amines is 1. The van der Waals surface area contributed by atoms with Gasteiger partial charge in [-0.25, -0.2) is 0 Å². The topological polar surface area (TPSA) is 20.7 Å². The van der Waals surface area contributed by atoms with Crippen molar-refractivity contribution in [2.45, 2.75) is 37.9 Å². The fourth-order valence-electron chi connectivity index (χ4n) is 4.16. The van der Waals surface area contributed by atoms with Crippen LogP contribution in [-0.2, 0) is 6.18 Å². The molecule has 0 radical (unpaired) electrons. The van der Waals surface area contributed by atoms with E-state index in [-0.39, 0.29) is 0 Å². The number of benzene rings is 1. The molecular weight excluding hydrogens is 297 g/mol. The number of halogens is 3. The van der Waals surface area contributed by atoms with Gasteiger partial charge >= 0.3 is 6.18 Å². The Morgan fingerprint density at radius 3 is 2.62 bits per heavy atom. The Morgan fingerprint density at radius 2 is 2.00 bits per heavy atom. The van der Waals surface area contributed by atoms with E-state index >= 15 is 0 Å². The highest BCUT2D eigenvalue weighted by Gasteiger charge is 2.41. The fraction of sp³-hybridized carbons (Fsp3) is 0.533. The van der Waals surface area contributed by atoms with Crippen LogP contribution in [0.25, 0.3) is 11.0 Å². The highest BCUT2D eigenvalue weighted by molar-refractivity contribution is 7.71. The van der Waals surface area contributed by atoms with Gasteiger partial charge in [-0.1, -0.05) is 6.42 Å². The molecule has 1 heterocycles. The predicted octanol–water partition coefficient (Wildman–Crippen LogP) is 5.08. The Hall–Kier alpha value is -1.30. The average Bonchev–Trinajstić information content (AvgIpc) is 3.08. The van der Waals surface area contributed by atoms with E-state index in [2.05, 4.69) is 9.55 Å². The summed E-state index contributed by atoms with van der Waals surface area (Å²) in [6.07, 6.45) is 0.518. The normalized spacial score (nSPS) is 28.6. The molecule has 2 bridgehead atoms. The third kappa shape index (κ3) is 2.03. The van der Waals surface area contributed by atoms with Gasteiger partial charge in [-0.15, -0.1) is 0 Å². The molecule has 2 fully saturated rings. The van der Waals surface area contributed by atoms with Crippen LogP contribution < -0.4 is 0 Å². The lowest BCUT2D eigenvalue weighted by Gasteiger charge is -2.23. The molecule has 1 aromatic carbocycles. The molecule has 21 heavy (non-hydrogen) atoms. The van der Waals surface area contributed by atoms with Crippen molar-refractivity contribution in [3.63, 3.8) is 0 Å². The first-order chi connectivity index (χ1) is 9.93. The summed E-state index contributed by atoms with van der Waals surface area (Å²) in [5.74, 6) is 1.39. The van der Waals surface area contributed by atoms with Crippen molar-refractivity contribution in [3.8, 4) is 0 Å². The maximum atomic E-state index is 12.8. The lowest BCUT2D eigenvalue weighted by Crippen LogP contribution is -2.16. The zero-order valence-corrected chi connectivity index (χ0v) is 12.1. The van der Waals surface area contributed by atoms with E-state index < -0.39 is 11.7 Å². The lowest BCUT2D eigenvalue weighted by atomic mass is 9.95. The molecule has 0 aliphatic heterocycles. The predicted molar refractivity (Wildman–Crippen MR) is 76.6 cm³/mol. The van der Waals surface area contributed by atoms with Crippen LogP contribution in [0, 0.1) is 16.6 Å². The van der Waals surface area contributed by atoms with Gasteiger partial charge in [-0.2, -0.15) is 13.2 Å². The molecule has 0 amide bonds. The quantitative estimate of drug-likeness (QED) is 0.728. The number of alkyl halides is 3. The average molecular weight is 312 g/mol. The van der Waals surface area contributed by atoms with E-state index in [1.165, 1.54) is 19.3 Å². The molecule has 2 saturated carbocycles. The summed E-state index contributed by atoms with van der Waals surface area (Å²) in [6, 6.07) is 4.21. The Kier molecular flexibility index (Phi) is 2.77. The molecule has 2 aromatic rings. The third-order valence-corrected chi connectivity index (χ3v) is 5.37. The molecule has 112 valence electrons. The summed E-state index contributed by atoms with van der Waals surface area (Å²) in [7, 11) is 0. The second kappa shape index (κ2) is 4.35. The van der Waals surface area contributed by atoms with Gasteiger partial charge in [0.25, 0.3) is 0 Å². The fourth-order valence-corrected chi connectivity index (χ4v) is 4.51. The number of imidazole rings is 1. The summed E-state index contributed by atoms with van der Waals surface area (Å²) in [5.41, 5.74) is 0.648. The molecule has 2 aliphatic rings. The standard InChI is InChI=1S/C15H15F3N2S/c16-15(17,18)10-3-4-12-11(7-10)19-14(21)20(12)13-6-8-1-2-9(13)5-8/h3-4,7-9,13H,1-2,5-6H2,(H,19,21). The zero-order chi connectivity index (χ0) is 14.8. The summed E-state index contributed by atoms with van der Waals surface area (Å²) >= 11 is 5.37. The van der Waals surface area contributed by atoms with Gasteiger partial charge in [0.05, 0.1) is 16.6 Å². The van der Waals surface area contributed by atoms with Gasteiger partial charge in [-0.05, 0) is 61.5 Å². The van der Waals surface area contributed by atoms with Crippen molar-refractivity contribution in [2.75, 3.05) is 0 Å². The highest BCUT2D eigenvalue weighted by Crippen LogP contribution is 2.51. The van der Waals surface area contributed by atoms with Crippen molar-refractivity contribution in [1.82, 2.24) is 9.55 Å². The second-order valence-electron chi connectivity index (χ2n) is 6.27. The van der Waals surface area contributed by atoms with Gasteiger partial charge in [-0.3, -0.25) is 0 Å². The van der Waals surface area contributed by atoms with Crippen LogP contribution in [0.2, 0.25) is 0 Å². The third-order valence-electron chi connectivity index (χ3n) is 5.08. The number of hydrogen-bond donors (Lipinski definition) is 1. The molecule has 2 nitrogen and oxygen atoms in total. The number of hydrogen-bond acceptors (Lipinski definition) is 1. The molecule has 0 spiro atoms. The minimum absolute atomic E-state index is 0.349. The smallest absolute Gasteiger partial charge is 0.331 e. The minimum atomic E-state index is -4.32. The van der Waals surface area contributed by atoms with Gasteiger partial charge in [0, 0.05) is 6.04 Å². The van der Waals surface area contributed by atoms with Gasteiger partial charge in [0.15, 0.2) is 4.77 Å². The Morgan fingerprint density at radius 1 is 1.19 bits per heavy atom. The van der Waals surface area contributed by atoms with Crippen LogP contribution in [0.1, 0.15) is 37.3 Å². The van der Waals surface area contributed by atoms with Crippen LogP contribution in [0.15, 0.2) is 18.2 Å². The number of H-pyrrole nitrogens is 1. The van der Waals surface area contributed by atoms with E-state index in [1.54, 1.807) is 6.07 Å². The van der Waals surface area contributed by atoms with Crippen molar-refractivity contribution in [2.24, 2.45) is 11.8 Å². The van der Waals surface area contributed by atoms with E-state index in [0.717, 1.165) is 30.0 Å². The molecule has 1 aromatic heterocycles. The molecule has 3 unspecified atom stereocenters. The second-order valence-corrected chi connectivity index (χ2v) is 6.66. The maximum Gasteiger partial charge on any atom is 0.416 e. The SMILES string of the molecule is FC(F)(F)c1ccc2c(c1)[nH]c(=S)n2C1CC2CCC1C2. The number of nitrogens with one attached hydrogen (secondary N) is 1. The van der Waals surface area contributed by atoms with Crippen LogP contribution in [0.4, 0.5) is 13.2 Å². The monoisotopic (exact) mass is 312 g/mol. The molecule has 4 rings (SSSR count). The summed E-state index contributed by atoms with van der Waals surface area (Å²) in [4.78, 5) is 2.95. The van der Waals surface area contributed by atoms with Crippen LogP contribution in [-0.4, -0.2) is 9.55 Å². The molecule has 3 atom stereocenters. The summed E-state index contributed by atoms with van der Waals surface area (Å²) in [6.45, 7) is 0. The largest absolute Gasteiger partial charge is 0.416 e. The minimum Gasteiger partial charge on any atom is -0.331 e. The Labute approximate surface area is 125 Å². The van der Waals surface area contributed by atoms with E-state index in [4.69, 9.17) is 12.2 Å². The van der Waals surface area contributed by atoms with Crippen molar-refractivity contribution < 1.29 is 13.2 Å². The van der Waals surface area contributed by atoms with E-state index in [1.807, 2.05) is 0 Å². The van der Waals surface area contributed by atoms with Crippen molar-refractivity contribution in [1.29, 1.82) is 0 Å². The maximum absolute atomic E-state index is 12.8. The van der Waals surface area contributed by atoms with E-state index in [0.29, 0.717) is 22.2 Å². The molecule has 0 saturated heterocycles. The molecule has 2 aliphatic carbocycles. The summed E-state index contributed by atoms with van der Waals surface area (Å²) < 4.78 is 41.0. The molecule has 1 N–H and O–H groups in total. The van der Waals surface area contributed by atoms with Crippen molar-refractivity contribution in [3.05, 3.63) is 28.5 Å². The number of fused-ring (bicyclic) bond motifs is 3. The first kappa shape index (κ1) is 13.4. The molecule has 6 heteroatoms. The highest BCUT2D eigenvalue weighted by atomic mass is 32.1. The summed E-state index contributed by atoms with van der Waals surface area (Å²) in [5, 5.41) is 0. The number of nitrogens with zero attached hydrogens (tertiary/aromatic N) is 1. The Bertz CT molecular complexity index is 758. The van der Waals surface area contributed by atoms with E-state index in [9.17, 15) is 13.2 Å². The van der Waals surface area contributed by atoms with Crippen molar-refractivity contribution >= 4 is 23.3 Å². The first-order valence-corrected chi connectivity index (χ1v) is 7.66. The lowest BCUT2D eigenvalue weighted by molar-refractivity contribution is -0.137. The number of rotatable bonds is 1. The first-order valence-electron chi connectivity index (χ1n) is 7.25. The zero-order valence-electron chi connectivity index (χ0n) is 11.3. The van der Waals surface area contributed by atoms with Crippen LogP contribution >= 0.6 is 12.2 Å². The van der Waals surface area contributed by atoms with Gasteiger partial charge in [0.1, 0.15) is 0 Å². The number of aromatic nitrogens is 2. The van der Waals surface area contributed by atoms with Gasteiger partial charge < -0.3 is 9.55 Å². The molecular formula is C15H15F3N2S.